The van der Waals surface area contributed by atoms with Crippen LogP contribution in [0, 0.1) is 0 Å². The van der Waals surface area contributed by atoms with Crippen molar-refractivity contribution < 1.29 is 4.74 Å². The number of pyridine rings is 1. The lowest BCUT2D eigenvalue weighted by molar-refractivity contribution is 0.301. The van der Waals surface area contributed by atoms with Crippen LogP contribution >= 0.6 is 11.8 Å². The molecule has 134 valence electrons. The lowest BCUT2D eigenvalue weighted by atomic mass is 10.2. The number of benzene rings is 2. The third-order valence-electron chi connectivity index (χ3n) is 3.90. The Bertz CT molecular complexity index is 972. The van der Waals surface area contributed by atoms with Crippen LogP contribution in [-0.4, -0.2) is 19.7 Å². The highest BCUT2D eigenvalue weighted by atomic mass is 32.2. The van der Waals surface area contributed by atoms with Crippen molar-refractivity contribution in [3.63, 3.8) is 0 Å². The maximum atomic E-state index is 5.76. The lowest BCUT2D eigenvalue weighted by Gasteiger charge is -2.06. The summed E-state index contributed by atoms with van der Waals surface area (Å²) in [6, 6.07) is 23.9. The van der Waals surface area contributed by atoms with Gasteiger partial charge >= 0.3 is 0 Å². The standard InChI is InChI=1S/C21H18N4OS/c1-2-7-19(8-3-1)25-16-23-21(24-25)27-15-17-9-11-20(12-10-17)26-14-18-6-4-5-13-22-18/h1-13,16H,14-15H2. The molecule has 0 bridgehead atoms. The molecule has 0 aliphatic rings. The van der Waals surface area contributed by atoms with E-state index in [9.17, 15) is 0 Å². The van der Waals surface area contributed by atoms with E-state index in [-0.39, 0.29) is 0 Å². The second-order valence-corrected chi connectivity index (χ2v) is 6.79. The van der Waals surface area contributed by atoms with E-state index < -0.39 is 0 Å². The molecule has 2 aromatic carbocycles. The second-order valence-electron chi connectivity index (χ2n) is 5.85. The SMILES string of the molecule is c1ccc(-n2cnc(SCc3ccc(OCc4ccccn4)cc3)n2)cc1. The zero-order valence-electron chi connectivity index (χ0n) is 14.6. The minimum absolute atomic E-state index is 0.468. The van der Waals surface area contributed by atoms with E-state index in [2.05, 4.69) is 27.2 Å². The van der Waals surface area contributed by atoms with E-state index >= 15 is 0 Å². The van der Waals surface area contributed by atoms with Gasteiger partial charge in [0.1, 0.15) is 18.7 Å². The van der Waals surface area contributed by atoms with Gasteiger partial charge < -0.3 is 4.74 Å². The highest BCUT2D eigenvalue weighted by Gasteiger charge is 2.04. The molecule has 0 atom stereocenters. The third-order valence-corrected chi connectivity index (χ3v) is 4.82. The number of ether oxygens (including phenoxy) is 1. The van der Waals surface area contributed by atoms with E-state index in [0.717, 1.165) is 28.0 Å². The van der Waals surface area contributed by atoms with Crippen LogP contribution in [0.1, 0.15) is 11.3 Å². The van der Waals surface area contributed by atoms with E-state index in [0.29, 0.717) is 6.61 Å². The number of rotatable bonds is 7. The Morgan fingerprint density at radius 3 is 2.44 bits per heavy atom. The molecule has 0 radical (unpaired) electrons. The lowest BCUT2D eigenvalue weighted by Crippen LogP contribution is -1.97. The molecular formula is C21H18N4OS. The molecule has 27 heavy (non-hydrogen) atoms. The van der Waals surface area contributed by atoms with E-state index in [1.165, 1.54) is 5.56 Å². The van der Waals surface area contributed by atoms with E-state index in [1.54, 1.807) is 29.0 Å². The first kappa shape index (κ1) is 17.3. The van der Waals surface area contributed by atoms with Crippen LogP contribution < -0.4 is 4.74 Å². The van der Waals surface area contributed by atoms with Gasteiger partial charge in [0.05, 0.1) is 11.4 Å². The quantitative estimate of drug-likeness (QED) is 0.445. The van der Waals surface area contributed by atoms with Crippen molar-refractivity contribution in [2.45, 2.75) is 17.5 Å². The molecule has 4 rings (SSSR count). The van der Waals surface area contributed by atoms with Crippen molar-refractivity contribution in [2.24, 2.45) is 0 Å². The minimum atomic E-state index is 0.468. The molecule has 0 aliphatic heterocycles. The number of hydrogen-bond donors (Lipinski definition) is 0. The molecule has 0 N–H and O–H groups in total. The number of thioether (sulfide) groups is 1. The molecule has 0 amide bonds. The van der Waals surface area contributed by atoms with Crippen LogP contribution in [0.4, 0.5) is 0 Å². The molecule has 2 aromatic heterocycles. The Hall–Kier alpha value is -3.12. The van der Waals surface area contributed by atoms with Crippen LogP contribution in [0.25, 0.3) is 5.69 Å². The van der Waals surface area contributed by atoms with Crippen molar-refractivity contribution in [3.8, 4) is 11.4 Å². The summed E-state index contributed by atoms with van der Waals surface area (Å²) in [5.41, 5.74) is 3.12. The highest BCUT2D eigenvalue weighted by molar-refractivity contribution is 7.98. The van der Waals surface area contributed by atoms with Crippen LogP contribution in [0.15, 0.2) is 90.5 Å². The van der Waals surface area contributed by atoms with Crippen molar-refractivity contribution >= 4 is 11.8 Å². The van der Waals surface area contributed by atoms with E-state index in [1.807, 2.05) is 60.7 Å². The molecule has 5 nitrogen and oxygen atoms in total. The smallest absolute Gasteiger partial charge is 0.209 e. The topological polar surface area (TPSA) is 52.8 Å². The van der Waals surface area contributed by atoms with Gasteiger partial charge in [0.25, 0.3) is 0 Å². The zero-order chi connectivity index (χ0) is 18.3. The maximum Gasteiger partial charge on any atom is 0.209 e. The number of aromatic nitrogens is 4. The zero-order valence-corrected chi connectivity index (χ0v) is 15.4. The molecule has 0 saturated heterocycles. The first-order chi connectivity index (χ1) is 13.4. The predicted molar refractivity (Wildman–Crippen MR) is 106 cm³/mol. The molecule has 2 heterocycles. The van der Waals surface area contributed by atoms with Crippen LogP contribution in [-0.2, 0) is 12.4 Å². The molecule has 0 spiro atoms. The molecular weight excluding hydrogens is 356 g/mol. The van der Waals surface area contributed by atoms with Gasteiger partial charge in [-0.15, -0.1) is 5.10 Å². The van der Waals surface area contributed by atoms with Crippen molar-refractivity contribution in [2.75, 3.05) is 0 Å². The number of para-hydroxylation sites is 1. The summed E-state index contributed by atoms with van der Waals surface area (Å²) in [6.45, 7) is 0.468. The minimum Gasteiger partial charge on any atom is -0.487 e. The number of nitrogens with zero attached hydrogens (tertiary/aromatic N) is 4. The van der Waals surface area contributed by atoms with Crippen LogP contribution in [0.3, 0.4) is 0 Å². The maximum absolute atomic E-state index is 5.76. The van der Waals surface area contributed by atoms with Crippen molar-refractivity contribution in [3.05, 3.63) is 96.6 Å². The Kier molecular flexibility index (Phi) is 5.45. The van der Waals surface area contributed by atoms with Crippen LogP contribution in [0.2, 0.25) is 0 Å². The molecule has 4 aromatic rings. The molecule has 0 aliphatic carbocycles. The van der Waals surface area contributed by atoms with Gasteiger partial charge in [0.2, 0.25) is 5.16 Å². The summed E-state index contributed by atoms with van der Waals surface area (Å²) < 4.78 is 7.55. The fourth-order valence-electron chi connectivity index (χ4n) is 2.49. The van der Waals surface area contributed by atoms with Gasteiger partial charge in [0, 0.05) is 11.9 Å². The third kappa shape index (κ3) is 4.74. The van der Waals surface area contributed by atoms with Gasteiger partial charge in [0.15, 0.2) is 0 Å². The van der Waals surface area contributed by atoms with Crippen LogP contribution in [0.5, 0.6) is 5.75 Å². The Morgan fingerprint density at radius 1 is 0.852 bits per heavy atom. The normalized spacial score (nSPS) is 10.7. The Balaban J connectivity index is 1.31. The fourth-order valence-corrected chi connectivity index (χ4v) is 3.25. The second kappa shape index (κ2) is 8.51. The fraction of sp³-hybridized carbons (Fsp3) is 0.0952. The first-order valence-electron chi connectivity index (χ1n) is 8.58. The summed E-state index contributed by atoms with van der Waals surface area (Å²) in [5.74, 6) is 1.64. The summed E-state index contributed by atoms with van der Waals surface area (Å²) in [4.78, 5) is 8.63. The number of hydrogen-bond acceptors (Lipinski definition) is 5. The van der Waals surface area contributed by atoms with Gasteiger partial charge in [-0.2, -0.15) is 0 Å². The monoisotopic (exact) mass is 374 g/mol. The average Bonchev–Trinajstić information content (AvgIpc) is 3.22. The highest BCUT2D eigenvalue weighted by Crippen LogP contribution is 2.22. The summed E-state index contributed by atoms with van der Waals surface area (Å²) in [7, 11) is 0. The van der Waals surface area contributed by atoms with Gasteiger partial charge in [-0.1, -0.05) is 48.2 Å². The molecule has 0 unspecified atom stereocenters. The van der Waals surface area contributed by atoms with Crippen molar-refractivity contribution in [1.29, 1.82) is 0 Å². The molecule has 0 fully saturated rings. The summed E-state index contributed by atoms with van der Waals surface area (Å²) >= 11 is 1.61. The summed E-state index contributed by atoms with van der Waals surface area (Å²) in [6.07, 6.45) is 3.51. The Labute approximate surface area is 162 Å². The molecule has 6 heteroatoms. The van der Waals surface area contributed by atoms with Crippen molar-refractivity contribution in [1.82, 2.24) is 19.7 Å². The first-order valence-corrected chi connectivity index (χ1v) is 9.57. The molecule has 0 saturated carbocycles. The van der Waals surface area contributed by atoms with Gasteiger partial charge in [-0.05, 0) is 42.0 Å². The summed E-state index contributed by atoms with van der Waals surface area (Å²) in [5, 5.41) is 5.27. The largest absolute Gasteiger partial charge is 0.487 e. The predicted octanol–water partition coefficient (Wildman–Crippen LogP) is 4.53. The average molecular weight is 374 g/mol. The van der Waals surface area contributed by atoms with Gasteiger partial charge in [-0.25, -0.2) is 9.67 Å². The van der Waals surface area contributed by atoms with E-state index in [4.69, 9.17) is 4.74 Å². The Morgan fingerprint density at radius 2 is 1.67 bits per heavy atom. The van der Waals surface area contributed by atoms with Gasteiger partial charge in [-0.3, -0.25) is 4.98 Å².